The zero-order valence-electron chi connectivity index (χ0n) is 35.7. The van der Waals surface area contributed by atoms with E-state index >= 15 is 0 Å². The SMILES string of the molecule is CC(C)(C)OC(=O)NC1CCC(N(CC2CC2)C2CCc3cc(-n4ccc(NC(=O)N5CCN(C(=O)C(C)(C)NC(=O)OC(C)(C)C)CC5)nc4=O)ccc3C2)CC1. The van der Waals surface area contributed by atoms with Crippen molar-refractivity contribution in [2.45, 2.75) is 148 Å². The number of alkyl carbamates (subject to hydrolysis) is 2. The third-order valence-corrected chi connectivity index (χ3v) is 11.4. The van der Waals surface area contributed by atoms with Crippen LogP contribution in [0.25, 0.3) is 5.69 Å². The lowest BCUT2D eigenvalue weighted by atomic mass is 9.84. The second-order valence-corrected chi connectivity index (χ2v) is 19.1. The Morgan fingerprint density at radius 2 is 1.41 bits per heavy atom. The fraction of sp³-hybridized carbons (Fsp3) is 0.674. The summed E-state index contributed by atoms with van der Waals surface area (Å²) in [4.78, 5) is 74.5. The highest BCUT2D eigenvalue weighted by Crippen LogP contribution is 2.37. The number of amides is 5. The Balaban J connectivity index is 1.01. The summed E-state index contributed by atoms with van der Waals surface area (Å²) < 4.78 is 12.3. The molecule has 0 spiro atoms. The van der Waals surface area contributed by atoms with Gasteiger partial charge in [0.25, 0.3) is 0 Å². The molecule has 2 saturated carbocycles. The molecule has 3 N–H and O–H groups in total. The van der Waals surface area contributed by atoms with Crippen LogP contribution in [0.4, 0.5) is 20.2 Å². The van der Waals surface area contributed by atoms with Gasteiger partial charge in [-0.1, -0.05) is 6.07 Å². The summed E-state index contributed by atoms with van der Waals surface area (Å²) in [5.74, 6) is 0.660. The number of rotatable bonds is 9. The van der Waals surface area contributed by atoms with Crippen LogP contribution in [0, 0.1) is 5.92 Å². The summed E-state index contributed by atoms with van der Waals surface area (Å²) in [6.45, 7) is 16.4. The van der Waals surface area contributed by atoms with Crippen molar-refractivity contribution in [1.82, 2.24) is 34.9 Å². The zero-order valence-corrected chi connectivity index (χ0v) is 35.7. The molecule has 318 valence electrons. The topological polar surface area (TPSA) is 167 Å². The van der Waals surface area contributed by atoms with Crippen molar-refractivity contribution in [3.05, 3.63) is 52.1 Å². The minimum atomic E-state index is -1.19. The molecule has 58 heavy (non-hydrogen) atoms. The number of anilines is 1. The van der Waals surface area contributed by atoms with Crippen molar-refractivity contribution < 1.29 is 28.7 Å². The Bertz CT molecular complexity index is 1880. The number of hydrogen-bond acceptors (Lipinski definition) is 9. The third-order valence-electron chi connectivity index (χ3n) is 11.4. The van der Waals surface area contributed by atoms with Gasteiger partial charge in [-0.2, -0.15) is 4.98 Å². The molecule has 1 atom stereocenters. The lowest BCUT2D eigenvalue weighted by Crippen LogP contribution is -2.60. The molecule has 1 aromatic heterocycles. The summed E-state index contributed by atoms with van der Waals surface area (Å²) in [7, 11) is 0. The highest BCUT2D eigenvalue weighted by Gasteiger charge is 2.38. The number of urea groups is 1. The average molecular weight is 805 g/mol. The van der Waals surface area contributed by atoms with Crippen LogP contribution in [-0.2, 0) is 27.1 Å². The largest absolute Gasteiger partial charge is 0.444 e. The maximum Gasteiger partial charge on any atom is 0.408 e. The number of aryl methyl sites for hydroxylation is 1. The van der Waals surface area contributed by atoms with Crippen LogP contribution in [-0.4, -0.2) is 116 Å². The van der Waals surface area contributed by atoms with Gasteiger partial charge in [-0.05, 0) is 148 Å². The molecular weight excluding hydrogens is 741 g/mol. The molecule has 3 aliphatic carbocycles. The van der Waals surface area contributed by atoms with Gasteiger partial charge in [0.15, 0.2) is 0 Å². The van der Waals surface area contributed by atoms with E-state index in [1.165, 1.54) is 28.5 Å². The van der Waals surface area contributed by atoms with Crippen LogP contribution in [0.1, 0.15) is 111 Å². The van der Waals surface area contributed by atoms with Crippen molar-refractivity contribution in [3.63, 3.8) is 0 Å². The van der Waals surface area contributed by atoms with Gasteiger partial charge in [0, 0.05) is 57.0 Å². The van der Waals surface area contributed by atoms with Crippen LogP contribution >= 0.6 is 0 Å². The number of fused-ring (bicyclic) bond motifs is 1. The van der Waals surface area contributed by atoms with Gasteiger partial charge >= 0.3 is 23.9 Å². The molecule has 1 saturated heterocycles. The summed E-state index contributed by atoms with van der Waals surface area (Å²) in [5.41, 5.74) is 0.417. The maximum atomic E-state index is 13.3. The van der Waals surface area contributed by atoms with E-state index < -0.39 is 34.6 Å². The monoisotopic (exact) mass is 804 g/mol. The van der Waals surface area contributed by atoms with E-state index in [0.29, 0.717) is 12.1 Å². The summed E-state index contributed by atoms with van der Waals surface area (Å²) in [6.07, 6.45) is 10.2. The number of aromatic nitrogens is 2. The molecule has 5 amide bonds. The minimum Gasteiger partial charge on any atom is -0.444 e. The Labute approximate surface area is 342 Å². The van der Waals surface area contributed by atoms with E-state index in [4.69, 9.17) is 9.47 Å². The fourth-order valence-electron chi connectivity index (χ4n) is 8.35. The molecule has 0 bridgehead atoms. The average Bonchev–Trinajstić information content (AvgIpc) is 3.96. The number of piperazine rings is 1. The number of ether oxygens (including phenoxy) is 2. The van der Waals surface area contributed by atoms with Gasteiger partial charge in [-0.25, -0.2) is 19.2 Å². The molecule has 4 aliphatic rings. The van der Waals surface area contributed by atoms with E-state index in [-0.39, 0.29) is 50.0 Å². The van der Waals surface area contributed by atoms with Crippen molar-refractivity contribution in [2.75, 3.05) is 38.0 Å². The molecule has 15 nitrogen and oxygen atoms in total. The predicted molar refractivity (Wildman–Crippen MR) is 221 cm³/mol. The molecular formula is C43H64N8O7. The number of carbonyl (C=O) groups excluding carboxylic acids is 4. The maximum absolute atomic E-state index is 13.3. The summed E-state index contributed by atoms with van der Waals surface area (Å²) in [5, 5.41) is 8.48. The van der Waals surface area contributed by atoms with Crippen LogP contribution in [0.5, 0.6) is 0 Å². The normalized spacial score (nSPS) is 21.5. The quantitative estimate of drug-likeness (QED) is 0.292. The second kappa shape index (κ2) is 17.3. The van der Waals surface area contributed by atoms with Crippen LogP contribution < -0.4 is 21.6 Å². The molecule has 3 fully saturated rings. The first-order chi connectivity index (χ1) is 27.2. The van der Waals surface area contributed by atoms with Gasteiger partial charge in [-0.3, -0.25) is 19.6 Å². The standard InChI is InChI=1S/C43H64N8O7/c1-41(2,3)57-39(55)44-31-13-17-32(18-14-31)51(27-28-9-10-28)34-16-12-29-25-33(15-11-30(29)26-34)50-20-19-35(46-38(50)54)45-37(53)49-23-21-48(22-24-49)36(52)43(7,8)47-40(56)58-42(4,5)6/h11,15,19-20,25,28,31-32,34H,9-10,12-14,16-18,21-24,26-27H2,1-8H3,(H,44,55)(H,47,56)(H,45,46,53,54). The molecule has 0 radical (unpaired) electrons. The first-order valence-electron chi connectivity index (χ1n) is 21.1. The molecule has 1 aromatic carbocycles. The first kappa shape index (κ1) is 42.9. The number of nitrogens with one attached hydrogen (secondary N) is 3. The number of hydrogen-bond donors (Lipinski definition) is 3. The second-order valence-electron chi connectivity index (χ2n) is 19.1. The lowest BCUT2D eigenvalue weighted by Gasteiger charge is -2.43. The molecule has 2 heterocycles. The Morgan fingerprint density at radius 1 is 0.776 bits per heavy atom. The highest BCUT2D eigenvalue weighted by atomic mass is 16.6. The van der Waals surface area contributed by atoms with Gasteiger partial charge in [-0.15, -0.1) is 0 Å². The van der Waals surface area contributed by atoms with E-state index in [0.717, 1.165) is 63.1 Å². The molecule has 15 heteroatoms. The lowest BCUT2D eigenvalue weighted by molar-refractivity contribution is -0.138. The Morgan fingerprint density at radius 3 is 2.03 bits per heavy atom. The van der Waals surface area contributed by atoms with Crippen LogP contribution in [0.3, 0.4) is 0 Å². The van der Waals surface area contributed by atoms with Crippen molar-refractivity contribution in [3.8, 4) is 5.69 Å². The number of nitrogens with zero attached hydrogens (tertiary/aromatic N) is 5. The van der Waals surface area contributed by atoms with E-state index in [2.05, 4.69) is 38.0 Å². The third kappa shape index (κ3) is 11.5. The van der Waals surface area contributed by atoms with Crippen LogP contribution in [0.15, 0.2) is 35.3 Å². The minimum absolute atomic E-state index is 0.151. The molecule has 2 aromatic rings. The van der Waals surface area contributed by atoms with Gasteiger partial charge in [0.1, 0.15) is 22.6 Å². The smallest absolute Gasteiger partial charge is 0.408 e. The van der Waals surface area contributed by atoms with E-state index in [1.54, 1.807) is 56.7 Å². The Kier molecular flexibility index (Phi) is 12.8. The number of carbonyl (C=O) groups is 4. The van der Waals surface area contributed by atoms with Crippen molar-refractivity contribution >= 4 is 29.9 Å². The van der Waals surface area contributed by atoms with Gasteiger partial charge in [0.05, 0.1) is 5.69 Å². The van der Waals surface area contributed by atoms with Gasteiger partial charge in [0.2, 0.25) is 5.91 Å². The first-order valence-corrected chi connectivity index (χ1v) is 21.1. The van der Waals surface area contributed by atoms with E-state index in [1.807, 2.05) is 26.8 Å². The van der Waals surface area contributed by atoms with Crippen LogP contribution in [0.2, 0.25) is 0 Å². The Hall–Kier alpha value is -4.66. The zero-order chi connectivity index (χ0) is 42.0. The molecule has 6 rings (SSSR count). The number of benzene rings is 1. The predicted octanol–water partition coefficient (Wildman–Crippen LogP) is 5.62. The molecule has 1 aliphatic heterocycles. The van der Waals surface area contributed by atoms with Crippen molar-refractivity contribution in [2.24, 2.45) is 5.92 Å². The summed E-state index contributed by atoms with van der Waals surface area (Å²) >= 11 is 0. The van der Waals surface area contributed by atoms with Crippen molar-refractivity contribution in [1.29, 1.82) is 0 Å². The summed E-state index contributed by atoms with van der Waals surface area (Å²) in [6, 6.07) is 8.55. The molecule has 1 unspecified atom stereocenters. The fourth-order valence-corrected chi connectivity index (χ4v) is 8.35. The highest BCUT2D eigenvalue weighted by molar-refractivity contribution is 5.90. The van der Waals surface area contributed by atoms with Gasteiger partial charge < -0.3 is 29.9 Å². The van der Waals surface area contributed by atoms with E-state index in [9.17, 15) is 24.0 Å².